The maximum absolute atomic E-state index is 12.4. The van der Waals surface area contributed by atoms with Gasteiger partial charge in [0.2, 0.25) is 5.91 Å². The van der Waals surface area contributed by atoms with Gasteiger partial charge in [-0.25, -0.2) is 0 Å². The number of carbonyl (C=O) groups excluding carboxylic acids is 1. The molecule has 1 N–H and O–H groups in total. The highest BCUT2D eigenvalue weighted by Crippen LogP contribution is 2.47. The van der Waals surface area contributed by atoms with Crippen molar-refractivity contribution in [2.45, 2.75) is 22.1 Å². The molecule has 4 rings (SSSR count). The molecular weight excluding hydrogens is 356 g/mol. The van der Waals surface area contributed by atoms with Crippen molar-refractivity contribution in [3.05, 3.63) is 78.6 Å². The van der Waals surface area contributed by atoms with E-state index >= 15 is 0 Å². The van der Waals surface area contributed by atoms with E-state index in [1.54, 1.807) is 25.1 Å². The van der Waals surface area contributed by atoms with Gasteiger partial charge >= 0.3 is 0 Å². The topological polar surface area (TPSA) is 51.2 Å². The maximum atomic E-state index is 12.4. The Morgan fingerprint density at radius 3 is 2.41 bits per heavy atom. The van der Waals surface area contributed by atoms with E-state index in [-0.39, 0.29) is 11.8 Å². The Morgan fingerprint density at radius 2 is 1.78 bits per heavy atom. The summed E-state index contributed by atoms with van der Waals surface area (Å²) in [7, 11) is 1.66. The zero-order chi connectivity index (χ0) is 18.6. The highest BCUT2D eigenvalue weighted by Gasteiger charge is 2.44. The highest BCUT2D eigenvalue weighted by molar-refractivity contribution is 7.99. The van der Waals surface area contributed by atoms with Crippen LogP contribution in [-0.2, 0) is 4.79 Å². The summed E-state index contributed by atoms with van der Waals surface area (Å²) in [6, 6.07) is 19.9. The summed E-state index contributed by atoms with van der Waals surface area (Å²) in [5.74, 6) is 1.27. The van der Waals surface area contributed by atoms with Crippen molar-refractivity contribution in [1.29, 1.82) is 0 Å². The van der Waals surface area contributed by atoms with Crippen molar-refractivity contribution >= 4 is 23.4 Å². The molecule has 0 spiro atoms. The molecule has 1 amide bonds. The average Bonchev–Trinajstić information content (AvgIpc) is 3.52. The fourth-order valence-corrected chi connectivity index (χ4v) is 3.89. The number of nitrogens with zero attached hydrogens (tertiary/aromatic N) is 1. The van der Waals surface area contributed by atoms with Gasteiger partial charge in [-0.05, 0) is 72.5 Å². The van der Waals surface area contributed by atoms with Gasteiger partial charge in [0.25, 0.3) is 0 Å². The Morgan fingerprint density at radius 1 is 1.07 bits per heavy atom. The monoisotopic (exact) mass is 376 g/mol. The average molecular weight is 376 g/mol. The van der Waals surface area contributed by atoms with E-state index in [9.17, 15) is 4.79 Å². The normalized spacial score (nSPS) is 18.0. The number of rotatable bonds is 6. The van der Waals surface area contributed by atoms with Crippen LogP contribution in [0.1, 0.15) is 17.9 Å². The number of hydrogen-bond acceptors (Lipinski definition) is 4. The molecule has 1 saturated carbocycles. The lowest BCUT2D eigenvalue weighted by atomic mass is 10.1. The van der Waals surface area contributed by atoms with Crippen LogP contribution < -0.4 is 10.1 Å². The summed E-state index contributed by atoms with van der Waals surface area (Å²) in [6.45, 7) is 0. The summed E-state index contributed by atoms with van der Waals surface area (Å²) in [5, 5.41) is 3.02. The third-order valence-electron chi connectivity index (χ3n) is 4.66. The zero-order valence-corrected chi connectivity index (χ0v) is 15.8. The van der Waals surface area contributed by atoms with E-state index < -0.39 is 0 Å². The molecule has 0 aliphatic heterocycles. The number of methoxy groups -OCH3 is 1. The quantitative estimate of drug-likeness (QED) is 0.659. The van der Waals surface area contributed by atoms with Crippen LogP contribution in [0.4, 0.5) is 5.69 Å². The number of hydrogen-bond donors (Lipinski definition) is 1. The highest BCUT2D eigenvalue weighted by atomic mass is 32.2. The van der Waals surface area contributed by atoms with Crippen molar-refractivity contribution in [3.8, 4) is 5.75 Å². The minimum Gasteiger partial charge on any atom is -0.497 e. The predicted octanol–water partition coefficient (Wildman–Crippen LogP) is 4.98. The van der Waals surface area contributed by atoms with E-state index in [0.717, 1.165) is 33.2 Å². The first-order chi connectivity index (χ1) is 13.2. The SMILES string of the molecule is COc1ccc(Sc2ccc(NC(=O)C3CC3c3cccnc3)cc2)cc1. The predicted molar refractivity (Wildman–Crippen MR) is 107 cm³/mol. The number of nitrogens with one attached hydrogen (secondary N) is 1. The number of amides is 1. The minimum atomic E-state index is 0.0440. The third-order valence-corrected chi connectivity index (χ3v) is 5.67. The lowest BCUT2D eigenvalue weighted by Gasteiger charge is -2.07. The van der Waals surface area contributed by atoms with Gasteiger partial charge in [-0.3, -0.25) is 9.78 Å². The van der Waals surface area contributed by atoms with E-state index in [4.69, 9.17) is 4.74 Å². The van der Waals surface area contributed by atoms with E-state index in [1.165, 1.54) is 0 Å². The summed E-state index contributed by atoms with van der Waals surface area (Å²) in [6.07, 6.45) is 4.50. The first-order valence-electron chi connectivity index (χ1n) is 8.86. The first-order valence-corrected chi connectivity index (χ1v) is 9.67. The molecule has 0 saturated heterocycles. The van der Waals surface area contributed by atoms with Gasteiger partial charge in [-0.1, -0.05) is 17.8 Å². The molecule has 5 heteroatoms. The first kappa shape index (κ1) is 17.6. The minimum absolute atomic E-state index is 0.0440. The van der Waals surface area contributed by atoms with Crippen molar-refractivity contribution in [3.63, 3.8) is 0 Å². The van der Waals surface area contributed by atoms with Crippen LogP contribution in [0.25, 0.3) is 0 Å². The number of carbonyl (C=O) groups is 1. The van der Waals surface area contributed by atoms with Crippen LogP contribution in [0, 0.1) is 5.92 Å². The van der Waals surface area contributed by atoms with E-state index in [2.05, 4.69) is 10.3 Å². The standard InChI is InChI=1S/C22H20N2O2S/c1-26-17-6-10-19(11-7-17)27-18-8-4-16(5-9-18)24-22(25)21-13-20(21)15-3-2-12-23-14-15/h2-12,14,20-21H,13H2,1H3,(H,24,25). The molecule has 1 aliphatic carbocycles. The largest absolute Gasteiger partial charge is 0.497 e. The summed E-state index contributed by atoms with van der Waals surface area (Å²) < 4.78 is 5.18. The Balaban J connectivity index is 1.33. The van der Waals surface area contributed by atoms with E-state index in [0.29, 0.717) is 5.92 Å². The molecule has 136 valence electrons. The third kappa shape index (κ3) is 4.31. The molecule has 1 aromatic heterocycles. The lowest BCUT2D eigenvalue weighted by Crippen LogP contribution is -2.14. The van der Waals surface area contributed by atoms with Crippen molar-refractivity contribution < 1.29 is 9.53 Å². The van der Waals surface area contributed by atoms with Gasteiger partial charge in [-0.15, -0.1) is 0 Å². The molecule has 0 bridgehead atoms. The van der Waals surface area contributed by atoms with Crippen LogP contribution in [0.2, 0.25) is 0 Å². The van der Waals surface area contributed by atoms with Gasteiger partial charge in [0.1, 0.15) is 5.75 Å². The molecule has 2 unspecified atom stereocenters. The molecule has 4 nitrogen and oxygen atoms in total. The number of benzene rings is 2. The maximum Gasteiger partial charge on any atom is 0.228 e. The fraction of sp³-hybridized carbons (Fsp3) is 0.182. The Kier molecular flexibility index (Phi) is 5.12. The van der Waals surface area contributed by atoms with Gasteiger partial charge < -0.3 is 10.1 Å². The second-order valence-electron chi connectivity index (χ2n) is 6.53. The molecule has 0 radical (unpaired) electrons. The van der Waals surface area contributed by atoms with Gasteiger partial charge in [0.05, 0.1) is 7.11 Å². The molecule has 1 fully saturated rings. The Bertz CT molecular complexity index is 911. The smallest absolute Gasteiger partial charge is 0.228 e. The van der Waals surface area contributed by atoms with Crippen molar-refractivity contribution in [2.75, 3.05) is 12.4 Å². The number of pyridine rings is 1. The second kappa shape index (κ2) is 7.84. The van der Waals surface area contributed by atoms with Crippen LogP contribution in [-0.4, -0.2) is 18.0 Å². The molecule has 1 heterocycles. The van der Waals surface area contributed by atoms with Gasteiger partial charge in [-0.2, -0.15) is 0 Å². The zero-order valence-electron chi connectivity index (χ0n) is 15.0. The molecule has 27 heavy (non-hydrogen) atoms. The van der Waals surface area contributed by atoms with Crippen LogP contribution in [0.3, 0.4) is 0 Å². The lowest BCUT2D eigenvalue weighted by molar-refractivity contribution is -0.117. The molecule has 2 atom stereocenters. The second-order valence-corrected chi connectivity index (χ2v) is 7.67. The summed E-state index contributed by atoms with van der Waals surface area (Å²) >= 11 is 1.68. The molecule has 2 aromatic carbocycles. The molecule has 1 aliphatic rings. The van der Waals surface area contributed by atoms with Gasteiger partial charge in [0.15, 0.2) is 0 Å². The van der Waals surface area contributed by atoms with Crippen LogP contribution in [0.5, 0.6) is 5.75 Å². The fourth-order valence-electron chi connectivity index (χ4n) is 3.07. The number of aromatic nitrogens is 1. The Labute approximate surface area is 163 Å². The van der Waals surface area contributed by atoms with Crippen LogP contribution >= 0.6 is 11.8 Å². The van der Waals surface area contributed by atoms with Crippen LogP contribution in [0.15, 0.2) is 82.8 Å². The summed E-state index contributed by atoms with van der Waals surface area (Å²) in [5.41, 5.74) is 1.97. The van der Waals surface area contributed by atoms with Crippen molar-refractivity contribution in [1.82, 2.24) is 4.98 Å². The van der Waals surface area contributed by atoms with E-state index in [1.807, 2.05) is 66.9 Å². The number of ether oxygens (including phenoxy) is 1. The van der Waals surface area contributed by atoms with Crippen molar-refractivity contribution in [2.24, 2.45) is 5.92 Å². The molecule has 3 aromatic rings. The van der Waals surface area contributed by atoms with Gasteiger partial charge in [0, 0.05) is 33.8 Å². The Hall–Kier alpha value is -2.79. The summed E-state index contributed by atoms with van der Waals surface area (Å²) in [4.78, 5) is 18.8. The number of anilines is 1. The molecular formula is C22H20N2O2S.